The minimum atomic E-state index is -3.39. The van der Waals surface area contributed by atoms with E-state index in [0.29, 0.717) is 25.2 Å². The van der Waals surface area contributed by atoms with E-state index in [9.17, 15) is 18.1 Å². The lowest BCUT2D eigenvalue weighted by Gasteiger charge is -2.33. The summed E-state index contributed by atoms with van der Waals surface area (Å²) in [6.45, 7) is 2.22. The van der Waals surface area contributed by atoms with Crippen LogP contribution in [0.5, 0.6) is 0 Å². The minimum absolute atomic E-state index is 0.0204. The molecule has 1 amide bonds. The first-order valence-corrected chi connectivity index (χ1v) is 12.6. The van der Waals surface area contributed by atoms with Gasteiger partial charge < -0.3 is 5.32 Å². The summed E-state index contributed by atoms with van der Waals surface area (Å²) in [5.74, 6) is 0.393. The third-order valence-corrected chi connectivity index (χ3v) is 8.94. The Morgan fingerprint density at radius 3 is 2.32 bits per heavy atom. The van der Waals surface area contributed by atoms with Crippen LogP contribution in [0.15, 0.2) is 0 Å². The van der Waals surface area contributed by atoms with Gasteiger partial charge >= 0.3 is 0 Å². The molecule has 160 valence electrons. The van der Waals surface area contributed by atoms with Gasteiger partial charge in [-0.3, -0.25) is 4.79 Å². The van der Waals surface area contributed by atoms with E-state index in [1.807, 2.05) is 0 Å². The average molecular weight is 415 g/mol. The Morgan fingerprint density at radius 1 is 0.893 bits per heavy atom. The summed E-state index contributed by atoms with van der Waals surface area (Å²) in [5, 5.41) is 4.67. The monoisotopic (exact) mass is 414 g/mol. The van der Waals surface area contributed by atoms with E-state index in [4.69, 9.17) is 0 Å². The van der Waals surface area contributed by atoms with Gasteiger partial charge in [-0.1, -0.05) is 13.3 Å². The van der Waals surface area contributed by atoms with E-state index in [0.717, 1.165) is 57.8 Å². The lowest BCUT2D eigenvalue weighted by Crippen LogP contribution is -2.74. The second kappa shape index (κ2) is 9.65. The normalized spacial score (nSPS) is 37.2. The number of carbonyl (C=O) groups excluding carboxylic acids is 1. The van der Waals surface area contributed by atoms with Crippen LogP contribution in [-0.4, -0.2) is 37.7 Å². The summed E-state index contributed by atoms with van der Waals surface area (Å²) in [6.07, 6.45) is 9.84. The molecule has 3 fully saturated rings. The van der Waals surface area contributed by atoms with Crippen LogP contribution in [0.1, 0.15) is 84.0 Å². The molecule has 3 N–H and O–H groups in total. The molecular formula is C20H36N3O4S+. The van der Waals surface area contributed by atoms with Gasteiger partial charge in [-0.2, -0.15) is 0 Å². The molecule has 0 radical (unpaired) electrons. The van der Waals surface area contributed by atoms with Crippen molar-refractivity contribution >= 4 is 15.9 Å². The third-order valence-electron chi connectivity index (χ3n) is 6.97. The van der Waals surface area contributed by atoms with Gasteiger partial charge in [-0.15, -0.1) is 0 Å². The van der Waals surface area contributed by atoms with Crippen molar-refractivity contribution in [2.24, 2.45) is 11.8 Å². The van der Waals surface area contributed by atoms with Crippen LogP contribution < -0.4 is 15.2 Å². The summed E-state index contributed by atoms with van der Waals surface area (Å²) in [5.41, 5.74) is 0. The van der Waals surface area contributed by atoms with Crippen molar-refractivity contribution in [2.45, 2.75) is 107 Å². The lowest BCUT2D eigenvalue weighted by molar-refractivity contribution is -0.529. The Balaban J connectivity index is 1.52. The molecular weight excluding hydrogens is 378 g/mol. The topological polar surface area (TPSA) is 106 Å². The molecule has 3 saturated carbocycles. The number of nitrogens with one attached hydrogen (secondary N) is 3. The number of carbonyl (C=O) groups is 1. The molecule has 0 saturated heterocycles. The zero-order valence-electron chi connectivity index (χ0n) is 17.0. The second-order valence-electron chi connectivity index (χ2n) is 9.29. The molecule has 4 unspecified atom stereocenters. The van der Waals surface area contributed by atoms with Crippen molar-refractivity contribution in [3.8, 4) is 0 Å². The lowest BCUT2D eigenvalue weighted by atomic mass is 9.86. The van der Waals surface area contributed by atoms with E-state index in [1.54, 1.807) is 0 Å². The molecule has 3 aliphatic rings. The smallest absolute Gasteiger partial charge is 0.223 e. The molecule has 0 spiro atoms. The Morgan fingerprint density at radius 2 is 1.61 bits per heavy atom. The summed E-state index contributed by atoms with van der Waals surface area (Å²) in [7, 11) is -3.39. The maximum atomic E-state index is 12.9. The molecule has 0 bridgehead atoms. The number of hydrogen-bond donors (Lipinski definition) is 3. The van der Waals surface area contributed by atoms with E-state index in [2.05, 4.69) is 22.1 Å². The Labute approximate surface area is 168 Å². The Kier molecular flexibility index (Phi) is 7.48. The average Bonchev–Trinajstić information content (AvgIpc) is 2.70. The van der Waals surface area contributed by atoms with Crippen LogP contribution in [0.25, 0.3) is 0 Å². The summed E-state index contributed by atoms with van der Waals surface area (Å²) >= 11 is 0. The van der Waals surface area contributed by atoms with Crippen molar-refractivity contribution < 1.29 is 18.4 Å². The zero-order valence-corrected chi connectivity index (χ0v) is 17.8. The molecule has 7 nitrogen and oxygen atoms in total. The van der Waals surface area contributed by atoms with E-state index < -0.39 is 15.3 Å². The van der Waals surface area contributed by atoms with Crippen molar-refractivity contribution in [3.05, 3.63) is 4.91 Å². The maximum absolute atomic E-state index is 12.9. The largest absolute Gasteiger partial charge is 0.353 e. The number of nitroso groups, excluding NO2 is 1. The maximum Gasteiger partial charge on any atom is 0.223 e. The fourth-order valence-corrected chi connectivity index (χ4v) is 6.97. The molecule has 8 heteroatoms. The molecule has 3 aliphatic carbocycles. The van der Waals surface area contributed by atoms with Crippen molar-refractivity contribution in [1.29, 1.82) is 0 Å². The van der Waals surface area contributed by atoms with Crippen LogP contribution in [0, 0.1) is 16.7 Å². The van der Waals surface area contributed by atoms with Gasteiger partial charge in [0.25, 0.3) is 0 Å². The first-order valence-electron chi connectivity index (χ1n) is 11.1. The molecule has 0 aromatic rings. The van der Waals surface area contributed by atoms with Crippen LogP contribution in [0.2, 0.25) is 0 Å². The standard InChI is InChI=1S/C20H35N3O4S/c1-14-8-10-16(11-9-14)23-28(26,27)19-7-2-4-15(12-19)20(24)21-17-5-3-6-18(13-17)22-25/h14-19,23H,2-13H2,1H3,(H,21,24)/p+1. The van der Waals surface area contributed by atoms with Gasteiger partial charge in [0, 0.05) is 35.8 Å². The van der Waals surface area contributed by atoms with Gasteiger partial charge in [-0.05, 0) is 68.9 Å². The third kappa shape index (κ3) is 5.75. The number of sulfonamides is 1. The fraction of sp³-hybridized carbons (Fsp3) is 0.950. The molecule has 4 atom stereocenters. The van der Waals surface area contributed by atoms with Crippen molar-refractivity contribution in [1.82, 2.24) is 10.0 Å². The molecule has 0 aliphatic heterocycles. The second-order valence-corrected chi connectivity index (χ2v) is 11.3. The Bertz CT molecular complexity index is 646. The van der Waals surface area contributed by atoms with Crippen LogP contribution in [0.3, 0.4) is 0 Å². The van der Waals surface area contributed by atoms with E-state index >= 15 is 0 Å². The summed E-state index contributed by atoms with van der Waals surface area (Å²) in [4.78, 5) is 23.7. The SMILES string of the molecule is CC1CCC(NS(=O)(=O)C2CCCC(C(=O)NC3CCCC([NH+]=O)C3)C2)CC1. The number of hydrogen-bond acceptors (Lipinski definition) is 4. The van der Waals surface area contributed by atoms with Gasteiger partial charge in [0.2, 0.25) is 22.0 Å². The first kappa shape index (κ1) is 21.7. The van der Waals surface area contributed by atoms with Crippen LogP contribution >= 0.6 is 0 Å². The quantitative estimate of drug-likeness (QED) is 0.609. The minimum Gasteiger partial charge on any atom is -0.353 e. The van der Waals surface area contributed by atoms with Crippen LogP contribution in [-0.2, 0) is 14.8 Å². The van der Waals surface area contributed by atoms with Gasteiger partial charge in [0.05, 0.1) is 5.25 Å². The molecule has 3 rings (SSSR count). The highest BCUT2D eigenvalue weighted by molar-refractivity contribution is 7.90. The van der Waals surface area contributed by atoms with Crippen molar-refractivity contribution in [3.63, 3.8) is 0 Å². The predicted molar refractivity (Wildman–Crippen MR) is 108 cm³/mol. The highest BCUT2D eigenvalue weighted by Crippen LogP contribution is 2.31. The first-order chi connectivity index (χ1) is 13.4. The predicted octanol–water partition coefficient (Wildman–Crippen LogP) is 1.32. The molecule has 28 heavy (non-hydrogen) atoms. The van der Waals surface area contributed by atoms with Gasteiger partial charge in [0.15, 0.2) is 0 Å². The van der Waals surface area contributed by atoms with Gasteiger partial charge in [0.1, 0.15) is 0 Å². The molecule has 0 heterocycles. The van der Waals surface area contributed by atoms with Gasteiger partial charge in [-0.25, -0.2) is 13.1 Å². The highest BCUT2D eigenvalue weighted by atomic mass is 32.2. The zero-order chi connectivity index (χ0) is 20.1. The summed E-state index contributed by atoms with van der Waals surface area (Å²) in [6, 6.07) is -0.0119. The summed E-state index contributed by atoms with van der Waals surface area (Å²) < 4.78 is 28.7. The number of amides is 1. The number of rotatable bonds is 6. The fourth-order valence-electron chi connectivity index (χ4n) is 5.12. The highest BCUT2D eigenvalue weighted by Gasteiger charge is 2.37. The molecule has 0 aromatic heterocycles. The van der Waals surface area contributed by atoms with Crippen molar-refractivity contribution in [2.75, 3.05) is 0 Å². The van der Waals surface area contributed by atoms with E-state index in [-0.39, 0.29) is 30.0 Å². The Hall–Kier alpha value is -1.02. The van der Waals surface area contributed by atoms with Crippen LogP contribution in [0.4, 0.5) is 0 Å². The molecule has 0 aromatic carbocycles. The van der Waals surface area contributed by atoms with E-state index in [1.165, 1.54) is 0 Å².